The summed E-state index contributed by atoms with van der Waals surface area (Å²) in [5.74, 6) is -1.01. The molecule has 112 valence electrons. The van der Waals surface area contributed by atoms with Crippen molar-refractivity contribution in [2.24, 2.45) is 5.73 Å². The van der Waals surface area contributed by atoms with Gasteiger partial charge in [-0.3, -0.25) is 0 Å². The van der Waals surface area contributed by atoms with E-state index in [9.17, 15) is 8.78 Å². The fraction of sp³-hybridized carbons (Fsp3) is 0.600. The Morgan fingerprint density at radius 2 is 2.00 bits per heavy atom. The molecule has 1 aliphatic rings. The van der Waals surface area contributed by atoms with E-state index in [1.54, 1.807) is 11.9 Å². The van der Waals surface area contributed by atoms with Gasteiger partial charge in [0, 0.05) is 19.6 Å². The predicted molar refractivity (Wildman–Crippen MR) is 78.0 cm³/mol. The van der Waals surface area contributed by atoms with E-state index in [0.717, 1.165) is 19.4 Å². The van der Waals surface area contributed by atoms with Crippen LogP contribution in [-0.4, -0.2) is 44.7 Å². The Morgan fingerprint density at radius 1 is 1.35 bits per heavy atom. The maximum atomic E-state index is 14.1. The summed E-state index contributed by atoms with van der Waals surface area (Å²) in [4.78, 5) is 3.93. The third kappa shape index (κ3) is 3.27. The van der Waals surface area contributed by atoms with Gasteiger partial charge in [0.1, 0.15) is 17.3 Å². The van der Waals surface area contributed by atoms with Gasteiger partial charge in [-0.2, -0.15) is 0 Å². The van der Waals surface area contributed by atoms with Crippen molar-refractivity contribution in [3.05, 3.63) is 29.3 Å². The van der Waals surface area contributed by atoms with Gasteiger partial charge >= 0.3 is 0 Å². The van der Waals surface area contributed by atoms with Gasteiger partial charge in [-0.1, -0.05) is 0 Å². The zero-order valence-corrected chi connectivity index (χ0v) is 12.2. The topological polar surface area (TPSA) is 32.5 Å². The molecule has 0 amide bonds. The van der Waals surface area contributed by atoms with Crippen LogP contribution in [0.25, 0.3) is 0 Å². The Hall–Kier alpha value is -1.20. The summed E-state index contributed by atoms with van der Waals surface area (Å²) >= 11 is 0. The second-order valence-electron chi connectivity index (χ2n) is 5.60. The van der Waals surface area contributed by atoms with E-state index >= 15 is 0 Å². The van der Waals surface area contributed by atoms with Crippen LogP contribution < -0.4 is 10.6 Å². The van der Waals surface area contributed by atoms with Crippen molar-refractivity contribution in [2.75, 3.05) is 38.6 Å². The van der Waals surface area contributed by atoms with Crippen molar-refractivity contribution >= 4 is 5.69 Å². The summed E-state index contributed by atoms with van der Waals surface area (Å²) in [6, 6.07) is 3.14. The molecule has 1 saturated heterocycles. The summed E-state index contributed by atoms with van der Waals surface area (Å²) < 4.78 is 28.2. The molecule has 1 fully saturated rings. The number of likely N-dealkylation sites (tertiary alicyclic amines) is 1. The summed E-state index contributed by atoms with van der Waals surface area (Å²) in [7, 11) is 3.80. The molecular formula is C15H23F2N3. The minimum atomic E-state index is -0.503. The first-order valence-electron chi connectivity index (χ1n) is 7.12. The highest BCUT2D eigenvalue weighted by Gasteiger charge is 2.24. The van der Waals surface area contributed by atoms with Crippen LogP contribution in [0.15, 0.2) is 12.1 Å². The first kappa shape index (κ1) is 15.2. The number of rotatable bonds is 5. The molecule has 0 aromatic heterocycles. The first-order chi connectivity index (χ1) is 9.52. The van der Waals surface area contributed by atoms with Gasteiger partial charge in [-0.25, -0.2) is 8.78 Å². The lowest BCUT2D eigenvalue weighted by Gasteiger charge is -2.28. The normalized spacial score (nSPS) is 19.6. The second kappa shape index (κ2) is 6.50. The van der Waals surface area contributed by atoms with E-state index in [0.29, 0.717) is 31.1 Å². The standard InChI is InChI=1S/C15H23F2N3/c1-19-7-3-4-12(19)10-20(2)15-13(16)8-11(5-6-18)9-14(15)17/h8-9,12H,3-7,10,18H2,1-2H3. The molecule has 1 heterocycles. The van der Waals surface area contributed by atoms with E-state index in [4.69, 9.17) is 5.73 Å². The number of likely N-dealkylation sites (N-methyl/N-ethyl adjacent to an activating group) is 2. The number of halogens is 2. The summed E-state index contributed by atoms with van der Waals surface area (Å²) in [5, 5.41) is 0. The Morgan fingerprint density at radius 3 is 2.50 bits per heavy atom. The highest BCUT2D eigenvalue weighted by molar-refractivity contribution is 5.50. The van der Waals surface area contributed by atoms with Crippen molar-refractivity contribution in [1.29, 1.82) is 0 Å². The molecular weight excluding hydrogens is 260 g/mol. The second-order valence-corrected chi connectivity index (χ2v) is 5.60. The van der Waals surface area contributed by atoms with Crippen molar-refractivity contribution in [2.45, 2.75) is 25.3 Å². The predicted octanol–water partition coefficient (Wildman–Crippen LogP) is 2.00. The molecule has 5 heteroatoms. The van der Waals surface area contributed by atoms with Gasteiger partial charge in [0.15, 0.2) is 0 Å². The Labute approximate surface area is 119 Å². The highest BCUT2D eigenvalue weighted by atomic mass is 19.1. The van der Waals surface area contributed by atoms with Crippen LogP contribution in [-0.2, 0) is 6.42 Å². The smallest absolute Gasteiger partial charge is 0.149 e. The van der Waals surface area contributed by atoms with Crippen LogP contribution in [0.3, 0.4) is 0 Å². The van der Waals surface area contributed by atoms with E-state index in [-0.39, 0.29) is 5.69 Å². The SMILES string of the molecule is CN(CC1CCCN1C)c1c(F)cc(CCN)cc1F. The first-order valence-corrected chi connectivity index (χ1v) is 7.12. The van der Waals surface area contributed by atoms with Gasteiger partial charge in [0.2, 0.25) is 0 Å². The average Bonchev–Trinajstić information content (AvgIpc) is 2.74. The van der Waals surface area contributed by atoms with Crippen LogP contribution in [0, 0.1) is 11.6 Å². The maximum Gasteiger partial charge on any atom is 0.149 e. The van der Waals surface area contributed by atoms with Crippen molar-refractivity contribution in [1.82, 2.24) is 4.90 Å². The molecule has 1 aliphatic heterocycles. The maximum absolute atomic E-state index is 14.1. The van der Waals surface area contributed by atoms with Gasteiger partial charge in [0.05, 0.1) is 0 Å². The number of hydrogen-bond acceptors (Lipinski definition) is 3. The molecule has 0 spiro atoms. The minimum absolute atomic E-state index is 0.0612. The summed E-state index contributed by atoms with van der Waals surface area (Å²) in [5.41, 5.74) is 6.09. The Kier molecular flexibility index (Phi) is 4.94. The molecule has 0 saturated carbocycles. The number of anilines is 1. The Balaban J connectivity index is 2.14. The zero-order chi connectivity index (χ0) is 14.7. The fourth-order valence-electron chi connectivity index (χ4n) is 2.91. The minimum Gasteiger partial charge on any atom is -0.368 e. The lowest BCUT2D eigenvalue weighted by Crippen LogP contribution is -2.37. The lowest BCUT2D eigenvalue weighted by atomic mass is 10.1. The fourth-order valence-corrected chi connectivity index (χ4v) is 2.91. The zero-order valence-electron chi connectivity index (χ0n) is 12.2. The van der Waals surface area contributed by atoms with Crippen LogP contribution in [0.1, 0.15) is 18.4 Å². The quantitative estimate of drug-likeness (QED) is 0.897. The van der Waals surface area contributed by atoms with Crippen LogP contribution in [0.2, 0.25) is 0 Å². The molecule has 2 N–H and O–H groups in total. The van der Waals surface area contributed by atoms with Crippen LogP contribution >= 0.6 is 0 Å². The largest absolute Gasteiger partial charge is 0.368 e. The van der Waals surface area contributed by atoms with Crippen molar-refractivity contribution < 1.29 is 8.78 Å². The van der Waals surface area contributed by atoms with Crippen LogP contribution in [0.5, 0.6) is 0 Å². The molecule has 2 rings (SSSR count). The number of nitrogens with zero attached hydrogens (tertiary/aromatic N) is 2. The average molecular weight is 283 g/mol. The van der Waals surface area contributed by atoms with Gasteiger partial charge in [-0.15, -0.1) is 0 Å². The number of benzene rings is 1. The van der Waals surface area contributed by atoms with E-state index in [1.807, 2.05) is 0 Å². The molecule has 1 aromatic rings. The third-order valence-electron chi connectivity index (χ3n) is 4.05. The van der Waals surface area contributed by atoms with E-state index in [1.165, 1.54) is 12.1 Å². The molecule has 1 atom stereocenters. The van der Waals surface area contributed by atoms with Gasteiger partial charge in [-0.05, 0) is 57.1 Å². The van der Waals surface area contributed by atoms with Crippen molar-refractivity contribution in [3.8, 4) is 0 Å². The van der Waals surface area contributed by atoms with Gasteiger partial charge < -0.3 is 15.5 Å². The highest BCUT2D eigenvalue weighted by Crippen LogP contribution is 2.26. The molecule has 1 unspecified atom stereocenters. The van der Waals surface area contributed by atoms with Gasteiger partial charge in [0.25, 0.3) is 0 Å². The van der Waals surface area contributed by atoms with Crippen LogP contribution in [0.4, 0.5) is 14.5 Å². The molecule has 1 aromatic carbocycles. The molecule has 3 nitrogen and oxygen atoms in total. The summed E-state index contributed by atoms with van der Waals surface area (Å²) in [6.07, 6.45) is 2.72. The molecule has 0 bridgehead atoms. The van der Waals surface area contributed by atoms with E-state index in [2.05, 4.69) is 11.9 Å². The summed E-state index contributed by atoms with van der Waals surface area (Å²) in [6.45, 7) is 2.08. The number of hydrogen-bond donors (Lipinski definition) is 1. The molecule has 0 aliphatic carbocycles. The third-order valence-corrected chi connectivity index (χ3v) is 4.05. The van der Waals surface area contributed by atoms with E-state index < -0.39 is 11.6 Å². The monoisotopic (exact) mass is 283 g/mol. The Bertz CT molecular complexity index is 441. The lowest BCUT2D eigenvalue weighted by molar-refractivity contribution is 0.313. The molecule has 20 heavy (non-hydrogen) atoms. The van der Waals surface area contributed by atoms with Crippen molar-refractivity contribution in [3.63, 3.8) is 0 Å². The molecule has 0 radical (unpaired) electrons. The number of nitrogens with two attached hydrogens (primary N) is 1.